The number of alkyl halides is 3. The average Bonchev–Trinajstić information content (AvgIpc) is 2.72. The Hall–Kier alpha value is -3.17. The summed E-state index contributed by atoms with van der Waals surface area (Å²) >= 11 is 0. The monoisotopic (exact) mass is 423 g/mol. The summed E-state index contributed by atoms with van der Waals surface area (Å²) < 4.78 is 45.0. The van der Waals surface area contributed by atoms with Crippen molar-refractivity contribution in [3.05, 3.63) is 57.5 Å². The van der Waals surface area contributed by atoms with Crippen LogP contribution in [0.4, 0.5) is 13.2 Å². The van der Waals surface area contributed by atoms with Crippen LogP contribution in [-0.4, -0.2) is 46.8 Å². The van der Waals surface area contributed by atoms with E-state index in [2.05, 4.69) is 5.10 Å². The summed E-state index contributed by atoms with van der Waals surface area (Å²) in [6.07, 6.45) is -3.75. The number of aryl methyl sites for hydroxylation is 1. The highest BCUT2D eigenvalue weighted by Crippen LogP contribution is 2.30. The molecule has 1 amide bonds. The number of amides is 1. The number of nitrogens with zero attached hydrogens (tertiary/aromatic N) is 3. The van der Waals surface area contributed by atoms with Crippen LogP contribution in [0.25, 0.3) is 5.69 Å². The predicted octanol–water partition coefficient (Wildman–Crippen LogP) is 2.58. The van der Waals surface area contributed by atoms with Gasteiger partial charge < -0.3 is 9.64 Å². The summed E-state index contributed by atoms with van der Waals surface area (Å²) in [6, 6.07) is 5.65. The van der Waals surface area contributed by atoms with Crippen LogP contribution in [0.15, 0.2) is 35.1 Å². The first kappa shape index (κ1) is 21.5. The van der Waals surface area contributed by atoms with Gasteiger partial charge in [-0.2, -0.15) is 18.3 Å². The van der Waals surface area contributed by atoms with E-state index in [4.69, 9.17) is 4.74 Å². The number of hydrogen-bond donors (Lipinski definition) is 0. The molecular formula is C20H20F3N3O4. The number of carbonyl (C=O) groups excluding carboxylic acids is 2. The van der Waals surface area contributed by atoms with E-state index in [0.29, 0.717) is 18.5 Å². The van der Waals surface area contributed by atoms with Crippen LogP contribution in [0.1, 0.15) is 34.6 Å². The molecule has 10 heteroatoms. The second kappa shape index (κ2) is 8.29. The number of esters is 1. The number of likely N-dealkylation sites (tertiary alicyclic amines) is 1. The van der Waals surface area contributed by atoms with Crippen molar-refractivity contribution in [2.75, 3.05) is 20.2 Å². The van der Waals surface area contributed by atoms with Gasteiger partial charge in [0.1, 0.15) is 0 Å². The lowest BCUT2D eigenvalue weighted by atomic mass is 9.97. The fraction of sp³-hybridized carbons (Fsp3) is 0.400. The van der Waals surface area contributed by atoms with Crippen molar-refractivity contribution in [1.82, 2.24) is 14.7 Å². The molecule has 0 radical (unpaired) electrons. The number of carbonyl (C=O) groups is 2. The van der Waals surface area contributed by atoms with Crippen molar-refractivity contribution in [3.8, 4) is 5.69 Å². The zero-order valence-electron chi connectivity index (χ0n) is 16.4. The normalized spacial score (nSPS) is 15.2. The Morgan fingerprint density at radius 2 is 1.83 bits per heavy atom. The molecule has 30 heavy (non-hydrogen) atoms. The number of halogens is 3. The Balaban J connectivity index is 1.90. The SMILES string of the molecule is COC(=O)C1CCN(C(=O)c2nn(-c3cccc(C(F)(F)F)c3)c(C)cc2=O)CC1. The number of rotatable bonds is 3. The fourth-order valence-corrected chi connectivity index (χ4v) is 3.41. The summed E-state index contributed by atoms with van der Waals surface area (Å²) in [7, 11) is 1.30. The van der Waals surface area contributed by atoms with Crippen LogP contribution < -0.4 is 5.43 Å². The summed E-state index contributed by atoms with van der Waals surface area (Å²) in [4.78, 5) is 38.3. The lowest BCUT2D eigenvalue weighted by Gasteiger charge is -2.30. The average molecular weight is 423 g/mol. The molecule has 2 heterocycles. The molecule has 0 atom stereocenters. The highest BCUT2D eigenvalue weighted by molar-refractivity contribution is 5.92. The summed E-state index contributed by atoms with van der Waals surface area (Å²) in [6.45, 7) is 2.01. The third-order valence-electron chi connectivity index (χ3n) is 5.04. The molecule has 1 aromatic heterocycles. The molecule has 0 unspecified atom stereocenters. The molecule has 0 spiro atoms. The van der Waals surface area contributed by atoms with Gasteiger partial charge >= 0.3 is 12.1 Å². The lowest BCUT2D eigenvalue weighted by Crippen LogP contribution is -2.42. The van der Waals surface area contributed by atoms with Gasteiger partial charge in [-0.15, -0.1) is 0 Å². The number of methoxy groups -OCH3 is 1. The third-order valence-corrected chi connectivity index (χ3v) is 5.04. The predicted molar refractivity (Wildman–Crippen MR) is 100 cm³/mol. The maximum Gasteiger partial charge on any atom is 0.416 e. The van der Waals surface area contributed by atoms with E-state index < -0.39 is 23.1 Å². The van der Waals surface area contributed by atoms with Gasteiger partial charge in [0.05, 0.1) is 24.3 Å². The highest BCUT2D eigenvalue weighted by Gasteiger charge is 2.32. The molecule has 0 bridgehead atoms. The maximum atomic E-state index is 13.0. The molecule has 7 nitrogen and oxygen atoms in total. The van der Waals surface area contributed by atoms with Gasteiger partial charge in [0.2, 0.25) is 5.43 Å². The molecule has 1 fully saturated rings. The van der Waals surface area contributed by atoms with Gasteiger partial charge in [-0.25, -0.2) is 4.68 Å². The van der Waals surface area contributed by atoms with Gasteiger partial charge in [-0.3, -0.25) is 14.4 Å². The number of benzene rings is 1. The molecule has 1 aliphatic rings. The smallest absolute Gasteiger partial charge is 0.416 e. The lowest BCUT2D eigenvalue weighted by molar-refractivity contribution is -0.146. The van der Waals surface area contributed by atoms with Crippen LogP contribution in [0.5, 0.6) is 0 Å². The van der Waals surface area contributed by atoms with Crippen LogP contribution in [0.2, 0.25) is 0 Å². The first-order valence-corrected chi connectivity index (χ1v) is 9.27. The Morgan fingerprint density at radius 1 is 1.17 bits per heavy atom. The minimum atomic E-state index is -4.54. The molecule has 0 aliphatic carbocycles. The van der Waals surface area contributed by atoms with Gasteiger partial charge in [-0.1, -0.05) is 6.07 Å². The number of aromatic nitrogens is 2. The third kappa shape index (κ3) is 4.37. The molecule has 160 valence electrons. The first-order chi connectivity index (χ1) is 14.1. The van der Waals surface area contributed by atoms with Crippen molar-refractivity contribution < 1.29 is 27.5 Å². The molecular weight excluding hydrogens is 403 g/mol. The molecule has 1 saturated heterocycles. The quantitative estimate of drug-likeness (QED) is 0.709. The van der Waals surface area contributed by atoms with Crippen molar-refractivity contribution in [2.45, 2.75) is 25.9 Å². The van der Waals surface area contributed by atoms with Gasteiger partial charge in [0.15, 0.2) is 5.69 Å². The molecule has 3 rings (SSSR count). The van der Waals surface area contributed by atoms with Crippen molar-refractivity contribution in [3.63, 3.8) is 0 Å². The second-order valence-electron chi connectivity index (χ2n) is 7.05. The Bertz CT molecular complexity index is 1020. The maximum absolute atomic E-state index is 13.0. The fourth-order valence-electron chi connectivity index (χ4n) is 3.41. The Kier molecular flexibility index (Phi) is 5.95. The first-order valence-electron chi connectivity index (χ1n) is 9.27. The zero-order valence-corrected chi connectivity index (χ0v) is 16.4. The van der Waals surface area contributed by atoms with Crippen molar-refractivity contribution in [1.29, 1.82) is 0 Å². The van der Waals surface area contributed by atoms with Crippen molar-refractivity contribution >= 4 is 11.9 Å². The summed E-state index contributed by atoms with van der Waals surface area (Å²) in [5, 5.41) is 4.06. The number of ether oxygens (including phenoxy) is 1. The number of hydrogen-bond acceptors (Lipinski definition) is 5. The Labute approximate surface area is 170 Å². The summed E-state index contributed by atoms with van der Waals surface area (Å²) in [5.74, 6) is -1.28. The minimum Gasteiger partial charge on any atom is -0.469 e. The van der Waals surface area contributed by atoms with Gasteiger partial charge in [0, 0.05) is 24.8 Å². The van der Waals surface area contributed by atoms with Crippen LogP contribution in [0, 0.1) is 12.8 Å². The molecule has 0 N–H and O–H groups in total. The van der Waals surface area contributed by atoms with E-state index in [1.165, 1.54) is 37.1 Å². The van der Waals surface area contributed by atoms with E-state index in [0.717, 1.165) is 16.8 Å². The van der Waals surface area contributed by atoms with E-state index in [-0.39, 0.29) is 36.4 Å². The van der Waals surface area contributed by atoms with Gasteiger partial charge in [-0.05, 0) is 38.0 Å². The van der Waals surface area contributed by atoms with Crippen LogP contribution in [-0.2, 0) is 15.7 Å². The zero-order chi connectivity index (χ0) is 22.1. The largest absolute Gasteiger partial charge is 0.469 e. The van der Waals surface area contributed by atoms with E-state index in [1.807, 2.05) is 0 Å². The molecule has 1 aliphatic heterocycles. The number of piperidine rings is 1. The van der Waals surface area contributed by atoms with E-state index in [9.17, 15) is 27.6 Å². The summed E-state index contributed by atoms with van der Waals surface area (Å²) in [5.41, 5.74) is -1.48. The Morgan fingerprint density at radius 3 is 2.43 bits per heavy atom. The van der Waals surface area contributed by atoms with E-state index >= 15 is 0 Å². The van der Waals surface area contributed by atoms with Crippen LogP contribution >= 0.6 is 0 Å². The van der Waals surface area contributed by atoms with E-state index in [1.54, 1.807) is 0 Å². The van der Waals surface area contributed by atoms with Crippen LogP contribution in [0.3, 0.4) is 0 Å². The topological polar surface area (TPSA) is 81.5 Å². The molecule has 1 aromatic carbocycles. The van der Waals surface area contributed by atoms with Crippen molar-refractivity contribution in [2.24, 2.45) is 5.92 Å². The van der Waals surface area contributed by atoms with Gasteiger partial charge in [0.25, 0.3) is 5.91 Å². The second-order valence-corrected chi connectivity index (χ2v) is 7.05. The standard InChI is InChI=1S/C20H20F3N3O4/c1-12-10-16(27)17(18(28)25-8-6-13(7-9-25)19(29)30-2)24-26(12)15-5-3-4-14(11-15)20(21,22)23/h3-5,10-11,13H,6-9H2,1-2H3. The molecule has 0 saturated carbocycles. The highest BCUT2D eigenvalue weighted by atomic mass is 19.4. The minimum absolute atomic E-state index is 0.0841. The molecule has 2 aromatic rings.